The maximum absolute atomic E-state index is 11.9. The van der Waals surface area contributed by atoms with Gasteiger partial charge in [-0.15, -0.1) is 0 Å². The topological polar surface area (TPSA) is 65.0 Å². The Balaban J connectivity index is 1.80. The van der Waals surface area contributed by atoms with Gasteiger partial charge in [0.25, 0.3) is 0 Å². The highest BCUT2D eigenvalue weighted by Gasteiger charge is 2.46. The van der Waals surface area contributed by atoms with Gasteiger partial charge in [0.2, 0.25) is 0 Å². The van der Waals surface area contributed by atoms with Crippen LogP contribution >= 0.6 is 11.6 Å². The Bertz CT molecular complexity index is 758. The number of benzene rings is 1. The van der Waals surface area contributed by atoms with E-state index in [2.05, 4.69) is 15.1 Å². The van der Waals surface area contributed by atoms with E-state index < -0.39 is 5.97 Å². The van der Waals surface area contributed by atoms with Crippen molar-refractivity contribution in [2.45, 2.75) is 44.1 Å². The zero-order chi connectivity index (χ0) is 20.5. The number of nitrogens with zero attached hydrogens (tertiary/aromatic N) is 2. The number of anilines is 1. The molecule has 7 heteroatoms. The van der Waals surface area contributed by atoms with Gasteiger partial charge in [-0.25, -0.2) is 4.79 Å². The summed E-state index contributed by atoms with van der Waals surface area (Å²) >= 11 is 6.56. The number of ether oxygens (including phenoxy) is 1. The first-order valence-electron chi connectivity index (χ1n) is 10.8. The Labute approximate surface area is 178 Å². The molecule has 4 heterocycles. The van der Waals surface area contributed by atoms with Gasteiger partial charge in [0, 0.05) is 31.1 Å². The lowest BCUT2D eigenvalue weighted by Crippen LogP contribution is -2.58. The van der Waals surface area contributed by atoms with Gasteiger partial charge in [0.05, 0.1) is 17.8 Å². The van der Waals surface area contributed by atoms with Crippen molar-refractivity contribution in [1.82, 2.24) is 9.80 Å². The number of halogens is 1. The van der Waals surface area contributed by atoms with E-state index in [0.717, 1.165) is 56.8 Å². The number of carbonyl (C=O) groups is 1. The lowest BCUT2D eigenvalue weighted by Gasteiger charge is -2.53. The maximum atomic E-state index is 11.9. The molecule has 160 valence electrons. The van der Waals surface area contributed by atoms with Crippen molar-refractivity contribution in [3.8, 4) is 5.75 Å². The second-order valence-corrected chi connectivity index (χ2v) is 9.02. The van der Waals surface area contributed by atoms with Gasteiger partial charge in [-0.3, -0.25) is 4.90 Å². The van der Waals surface area contributed by atoms with Crippen molar-refractivity contribution in [3.05, 3.63) is 22.2 Å². The Kier molecular flexibility index (Phi) is 6.23. The van der Waals surface area contributed by atoms with Gasteiger partial charge < -0.3 is 20.1 Å². The molecule has 29 heavy (non-hydrogen) atoms. The summed E-state index contributed by atoms with van der Waals surface area (Å²) in [5.41, 5.74) is 1.92. The summed E-state index contributed by atoms with van der Waals surface area (Å²) in [6.07, 6.45) is 6.15. The highest BCUT2D eigenvalue weighted by Crippen LogP contribution is 2.51. The molecule has 5 rings (SSSR count). The predicted octanol–water partition coefficient (Wildman–Crippen LogP) is 3.75. The summed E-state index contributed by atoms with van der Waals surface area (Å²) < 4.78 is 5.72. The highest BCUT2D eigenvalue weighted by atomic mass is 35.5. The number of nitrogens with one attached hydrogen (secondary N) is 1. The summed E-state index contributed by atoms with van der Waals surface area (Å²) in [7, 11) is 3.42. The molecule has 0 saturated carbocycles. The highest BCUT2D eigenvalue weighted by molar-refractivity contribution is 6.34. The Morgan fingerprint density at radius 2 is 1.93 bits per heavy atom. The SMILES string of the molecule is CNc1c(Cl)cc(C(=O)O)c(OC)c1C1C2CCN(CC2)C1CN1CCCCC1. The third kappa shape index (κ3) is 3.82. The molecule has 2 unspecified atom stereocenters. The van der Waals surface area contributed by atoms with E-state index in [9.17, 15) is 9.90 Å². The molecule has 1 aromatic carbocycles. The van der Waals surface area contributed by atoms with Crippen LogP contribution in [0.4, 0.5) is 5.69 Å². The molecule has 2 N–H and O–H groups in total. The number of carboxylic acids is 1. The third-order valence-electron chi connectivity index (χ3n) is 7.15. The number of aromatic carboxylic acids is 1. The molecule has 4 saturated heterocycles. The third-order valence-corrected chi connectivity index (χ3v) is 7.44. The average Bonchev–Trinajstić information content (AvgIpc) is 2.74. The molecule has 6 nitrogen and oxygen atoms in total. The molecule has 4 aliphatic rings. The molecule has 0 spiro atoms. The molecule has 4 fully saturated rings. The van der Waals surface area contributed by atoms with Gasteiger partial charge in [-0.05, 0) is 63.8 Å². The van der Waals surface area contributed by atoms with Gasteiger partial charge in [-0.2, -0.15) is 0 Å². The first-order valence-corrected chi connectivity index (χ1v) is 11.2. The van der Waals surface area contributed by atoms with E-state index in [0.29, 0.717) is 22.7 Å². The van der Waals surface area contributed by atoms with Crippen LogP contribution in [-0.4, -0.2) is 73.8 Å². The van der Waals surface area contributed by atoms with E-state index in [-0.39, 0.29) is 11.5 Å². The number of methoxy groups -OCH3 is 1. The van der Waals surface area contributed by atoms with Crippen LogP contribution in [0.5, 0.6) is 5.75 Å². The minimum absolute atomic E-state index is 0.152. The van der Waals surface area contributed by atoms with E-state index >= 15 is 0 Å². The van der Waals surface area contributed by atoms with E-state index in [1.165, 1.54) is 25.3 Å². The lowest BCUT2D eigenvalue weighted by molar-refractivity contribution is 0.00331. The van der Waals surface area contributed by atoms with Gasteiger partial charge in [0.1, 0.15) is 11.3 Å². The fourth-order valence-electron chi connectivity index (χ4n) is 5.82. The van der Waals surface area contributed by atoms with Crippen LogP contribution in [0.1, 0.15) is 53.9 Å². The summed E-state index contributed by atoms with van der Waals surface area (Å²) in [6.45, 7) is 5.61. The monoisotopic (exact) mass is 421 g/mol. The molecule has 0 amide bonds. The van der Waals surface area contributed by atoms with E-state index in [1.54, 1.807) is 7.11 Å². The van der Waals surface area contributed by atoms with Crippen LogP contribution in [-0.2, 0) is 0 Å². The Morgan fingerprint density at radius 3 is 2.52 bits per heavy atom. The zero-order valence-electron chi connectivity index (χ0n) is 17.4. The summed E-state index contributed by atoms with van der Waals surface area (Å²) in [5, 5.41) is 13.5. The fourth-order valence-corrected chi connectivity index (χ4v) is 6.12. The fraction of sp³-hybridized carbons (Fsp3) is 0.682. The van der Waals surface area contributed by atoms with E-state index in [4.69, 9.17) is 16.3 Å². The van der Waals surface area contributed by atoms with Crippen molar-refractivity contribution in [3.63, 3.8) is 0 Å². The number of fused-ring (bicyclic) bond motifs is 3. The second-order valence-electron chi connectivity index (χ2n) is 8.61. The van der Waals surface area contributed by atoms with Crippen molar-refractivity contribution >= 4 is 23.3 Å². The van der Waals surface area contributed by atoms with Crippen molar-refractivity contribution in [2.24, 2.45) is 5.92 Å². The molecule has 4 aliphatic heterocycles. The predicted molar refractivity (Wildman–Crippen MR) is 116 cm³/mol. The Morgan fingerprint density at radius 1 is 1.24 bits per heavy atom. The zero-order valence-corrected chi connectivity index (χ0v) is 18.2. The summed E-state index contributed by atoms with van der Waals surface area (Å²) in [5.74, 6) is 0.208. The smallest absolute Gasteiger partial charge is 0.339 e. The lowest BCUT2D eigenvalue weighted by atomic mass is 9.69. The first kappa shape index (κ1) is 20.8. The minimum Gasteiger partial charge on any atom is -0.495 e. The van der Waals surface area contributed by atoms with Crippen molar-refractivity contribution < 1.29 is 14.6 Å². The number of rotatable bonds is 6. The van der Waals surface area contributed by atoms with Crippen LogP contribution in [0.2, 0.25) is 5.02 Å². The molecule has 0 radical (unpaired) electrons. The second kappa shape index (κ2) is 8.70. The van der Waals surface area contributed by atoms with Gasteiger partial charge in [-0.1, -0.05) is 18.0 Å². The normalized spacial score (nSPS) is 29.6. The van der Waals surface area contributed by atoms with Crippen LogP contribution in [0, 0.1) is 5.92 Å². The van der Waals surface area contributed by atoms with Crippen LogP contribution in [0.25, 0.3) is 0 Å². The average molecular weight is 422 g/mol. The number of carboxylic acid groups (broad SMARTS) is 1. The molecular formula is C22H32ClN3O3. The number of hydrogen-bond donors (Lipinski definition) is 2. The number of piperidine rings is 4. The standard InChI is InChI=1S/C22H32ClN3O3/c1-24-20-16(23)12-15(22(27)28)21(29-2)19(20)18-14-6-10-26(11-7-14)17(18)13-25-8-4-3-5-9-25/h12,14,17-18,24H,3-11,13H2,1-2H3,(H,27,28). The van der Waals surface area contributed by atoms with Crippen LogP contribution in [0.15, 0.2) is 6.07 Å². The van der Waals surface area contributed by atoms with E-state index in [1.807, 2.05) is 7.05 Å². The number of likely N-dealkylation sites (tertiary alicyclic amines) is 1. The largest absolute Gasteiger partial charge is 0.495 e. The quantitative estimate of drug-likeness (QED) is 0.729. The van der Waals surface area contributed by atoms with Gasteiger partial charge in [0.15, 0.2) is 0 Å². The molecule has 1 aromatic rings. The molecule has 2 bridgehead atoms. The minimum atomic E-state index is -0.999. The van der Waals surface area contributed by atoms with Crippen molar-refractivity contribution in [1.29, 1.82) is 0 Å². The van der Waals surface area contributed by atoms with Crippen LogP contribution in [0.3, 0.4) is 0 Å². The Hall–Kier alpha value is -1.50. The molecule has 0 aromatic heterocycles. The first-order chi connectivity index (χ1) is 14.0. The number of hydrogen-bond acceptors (Lipinski definition) is 5. The van der Waals surface area contributed by atoms with Gasteiger partial charge >= 0.3 is 5.97 Å². The summed E-state index contributed by atoms with van der Waals surface area (Å²) in [4.78, 5) is 17.2. The molecule has 0 aliphatic carbocycles. The molecule has 2 atom stereocenters. The molecular weight excluding hydrogens is 390 g/mol. The maximum Gasteiger partial charge on any atom is 0.339 e. The van der Waals surface area contributed by atoms with Crippen molar-refractivity contribution in [2.75, 3.05) is 52.2 Å². The van der Waals surface area contributed by atoms with Crippen LogP contribution < -0.4 is 10.1 Å². The summed E-state index contributed by atoms with van der Waals surface area (Å²) in [6, 6.07) is 1.88.